The van der Waals surface area contributed by atoms with Gasteiger partial charge in [0.1, 0.15) is 0 Å². The quantitative estimate of drug-likeness (QED) is 0.122. The first-order valence-electron chi connectivity index (χ1n) is 13.0. The number of hydrogen-bond donors (Lipinski definition) is 0. The normalized spacial score (nSPS) is 12.0. The van der Waals surface area contributed by atoms with Crippen LogP contribution in [0.3, 0.4) is 0 Å². The van der Waals surface area contributed by atoms with E-state index in [1.807, 2.05) is 0 Å². The van der Waals surface area contributed by atoms with Gasteiger partial charge in [-0.3, -0.25) is 0 Å². The Balaban J connectivity index is 3.23. The van der Waals surface area contributed by atoms with Gasteiger partial charge in [0.25, 0.3) is 0 Å². The van der Waals surface area contributed by atoms with E-state index in [4.69, 9.17) is 8.85 Å². The third-order valence-corrected chi connectivity index (χ3v) is 8.94. The molecule has 0 heterocycles. The molecule has 0 saturated heterocycles. The maximum absolute atomic E-state index is 5.92. The minimum absolute atomic E-state index is 0.793. The van der Waals surface area contributed by atoms with E-state index in [2.05, 4.69) is 27.3 Å². The Labute approximate surface area is 179 Å². The van der Waals surface area contributed by atoms with Gasteiger partial charge in [0.05, 0.1) is 0 Å². The largest absolute Gasteiger partial charge is 0.395 e. The monoisotopic (exact) mass is 414 g/mol. The van der Waals surface area contributed by atoms with Crippen LogP contribution in [0, 0.1) is 0 Å². The van der Waals surface area contributed by atoms with Crippen LogP contribution in [0.25, 0.3) is 0 Å². The molecule has 0 aliphatic heterocycles. The first-order valence-corrected chi connectivity index (χ1v) is 15.5. The molecule has 0 atom stereocenters. The third-order valence-electron chi connectivity index (χ3n) is 5.88. The standard InChI is InChI=1S/C25H54O2Si/c1-5-8-9-10-11-12-13-14-15-16-17-18-19-20-21-22-23-24-25-28(4,26-6-2)27-7-3/h5-25H2,1-4H3. The van der Waals surface area contributed by atoms with Gasteiger partial charge < -0.3 is 8.85 Å². The van der Waals surface area contributed by atoms with Gasteiger partial charge >= 0.3 is 8.56 Å². The second kappa shape index (κ2) is 21.8. The summed E-state index contributed by atoms with van der Waals surface area (Å²) in [7, 11) is -1.86. The fourth-order valence-electron chi connectivity index (χ4n) is 4.14. The second-order valence-corrected chi connectivity index (χ2v) is 12.1. The Morgan fingerprint density at radius 3 is 1.00 bits per heavy atom. The van der Waals surface area contributed by atoms with Gasteiger partial charge in [-0.15, -0.1) is 0 Å². The highest BCUT2D eigenvalue weighted by atomic mass is 28.4. The molecule has 170 valence electrons. The first-order chi connectivity index (χ1) is 13.7. The summed E-state index contributed by atoms with van der Waals surface area (Å²) in [5, 5.41) is 0. The van der Waals surface area contributed by atoms with Crippen molar-refractivity contribution in [3.8, 4) is 0 Å². The topological polar surface area (TPSA) is 18.5 Å². The van der Waals surface area contributed by atoms with Crippen molar-refractivity contribution in [2.75, 3.05) is 13.2 Å². The van der Waals surface area contributed by atoms with E-state index >= 15 is 0 Å². The molecule has 0 rings (SSSR count). The van der Waals surface area contributed by atoms with Crippen LogP contribution in [0.4, 0.5) is 0 Å². The average Bonchev–Trinajstić information content (AvgIpc) is 2.67. The second-order valence-electron chi connectivity index (χ2n) is 8.76. The molecule has 0 amide bonds. The lowest BCUT2D eigenvalue weighted by molar-refractivity contribution is 0.188. The maximum Gasteiger partial charge on any atom is 0.334 e. The Hall–Kier alpha value is 0.137. The van der Waals surface area contributed by atoms with Crippen molar-refractivity contribution in [2.45, 2.75) is 149 Å². The zero-order valence-electron chi connectivity index (χ0n) is 20.2. The zero-order valence-corrected chi connectivity index (χ0v) is 21.2. The molecule has 0 aromatic carbocycles. The van der Waals surface area contributed by atoms with Gasteiger partial charge in [-0.25, -0.2) is 0 Å². The van der Waals surface area contributed by atoms with Gasteiger partial charge in [0.2, 0.25) is 0 Å². The average molecular weight is 415 g/mol. The van der Waals surface area contributed by atoms with E-state index in [-0.39, 0.29) is 0 Å². The summed E-state index contributed by atoms with van der Waals surface area (Å²) >= 11 is 0. The third kappa shape index (κ3) is 19.5. The molecule has 0 aromatic rings. The highest BCUT2D eigenvalue weighted by molar-refractivity contribution is 6.66. The Bertz CT molecular complexity index is 290. The molecule has 0 bridgehead atoms. The van der Waals surface area contributed by atoms with Crippen LogP contribution in [-0.2, 0) is 8.85 Å². The lowest BCUT2D eigenvalue weighted by Crippen LogP contribution is -2.38. The smallest absolute Gasteiger partial charge is 0.334 e. The van der Waals surface area contributed by atoms with Crippen molar-refractivity contribution in [3.63, 3.8) is 0 Å². The van der Waals surface area contributed by atoms with E-state index in [1.165, 1.54) is 116 Å². The number of rotatable bonds is 23. The summed E-state index contributed by atoms with van der Waals surface area (Å²) in [6, 6.07) is 1.16. The Kier molecular flexibility index (Phi) is 21.9. The van der Waals surface area contributed by atoms with Crippen molar-refractivity contribution in [1.29, 1.82) is 0 Å². The van der Waals surface area contributed by atoms with E-state index < -0.39 is 8.56 Å². The number of unbranched alkanes of at least 4 members (excludes halogenated alkanes) is 17. The van der Waals surface area contributed by atoms with Crippen LogP contribution in [0.15, 0.2) is 0 Å². The van der Waals surface area contributed by atoms with Crippen LogP contribution >= 0.6 is 0 Å². The van der Waals surface area contributed by atoms with Crippen molar-refractivity contribution in [2.24, 2.45) is 0 Å². The van der Waals surface area contributed by atoms with Crippen LogP contribution in [-0.4, -0.2) is 21.8 Å². The van der Waals surface area contributed by atoms with Crippen LogP contribution in [0.2, 0.25) is 12.6 Å². The molecule has 0 aliphatic rings. The molecule has 2 nitrogen and oxygen atoms in total. The molecular formula is C25H54O2Si. The van der Waals surface area contributed by atoms with Crippen molar-refractivity contribution < 1.29 is 8.85 Å². The summed E-state index contributed by atoms with van der Waals surface area (Å²) in [6.45, 7) is 10.3. The molecule has 28 heavy (non-hydrogen) atoms. The fourth-order valence-corrected chi connectivity index (χ4v) is 6.63. The summed E-state index contributed by atoms with van der Waals surface area (Å²) in [6.07, 6.45) is 25.8. The molecule has 0 radical (unpaired) electrons. The highest BCUT2D eigenvalue weighted by Gasteiger charge is 2.29. The summed E-state index contributed by atoms with van der Waals surface area (Å²) in [5.41, 5.74) is 0. The molecule has 0 unspecified atom stereocenters. The summed E-state index contributed by atoms with van der Waals surface area (Å²) in [4.78, 5) is 0. The zero-order chi connectivity index (χ0) is 20.8. The van der Waals surface area contributed by atoms with Gasteiger partial charge in [-0.1, -0.05) is 122 Å². The maximum atomic E-state index is 5.92. The molecule has 0 N–H and O–H groups in total. The Morgan fingerprint density at radius 2 is 0.714 bits per heavy atom. The van der Waals surface area contributed by atoms with Crippen molar-refractivity contribution in [1.82, 2.24) is 0 Å². The predicted molar refractivity (Wildman–Crippen MR) is 128 cm³/mol. The van der Waals surface area contributed by atoms with Crippen LogP contribution < -0.4 is 0 Å². The van der Waals surface area contributed by atoms with Gasteiger partial charge in [-0.05, 0) is 26.4 Å². The summed E-state index contributed by atoms with van der Waals surface area (Å²) < 4.78 is 11.8. The predicted octanol–water partition coefficient (Wildman–Crippen LogP) is 9.17. The number of hydrogen-bond acceptors (Lipinski definition) is 2. The van der Waals surface area contributed by atoms with Crippen molar-refractivity contribution in [3.05, 3.63) is 0 Å². The molecule has 0 spiro atoms. The first kappa shape index (κ1) is 28.1. The molecule has 0 aliphatic carbocycles. The highest BCUT2D eigenvalue weighted by Crippen LogP contribution is 2.19. The fraction of sp³-hybridized carbons (Fsp3) is 1.00. The lowest BCUT2D eigenvalue weighted by Gasteiger charge is -2.25. The molecule has 0 fully saturated rings. The molecule has 0 saturated carbocycles. The van der Waals surface area contributed by atoms with Crippen LogP contribution in [0.1, 0.15) is 136 Å². The van der Waals surface area contributed by atoms with E-state index in [0.717, 1.165) is 19.3 Å². The van der Waals surface area contributed by atoms with E-state index in [9.17, 15) is 0 Å². The van der Waals surface area contributed by atoms with E-state index in [0.29, 0.717) is 0 Å². The van der Waals surface area contributed by atoms with Gasteiger partial charge in [0.15, 0.2) is 0 Å². The SMILES string of the molecule is CCCCCCCCCCCCCCCCCCCC[Si](C)(OCC)OCC. The Morgan fingerprint density at radius 1 is 0.429 bits per heavy atom. The van der Waals surface area contributed by atoms with Gasteiger partial charge in [-0.2, -0.15) is 0 Å². The van der Waals surface area contributed by atoms with Gasteiger partial charge in [0, 0.05) is 13.2 Å². The minimum Gasteiger partial charge on any atom is -0.395 e. The molecular weight excluding hydrogens is 360 g/mol. The summed E-state index contributed by atoms with van der Waals surface area (Å²) in [5.74, 6) is 0. The molecule has 3 heteroatoms. The minimum atomic E-state index is -1.86. The lowest BCUT2D eigenvalue weighted by atomic mass is 10.0. The van der Waals surface area contributed by atoms with E-state index in [1.54, 1.807) is 0 Å². The molecule has 0 aromatic heterocycles. The van der Waals surface area contributed by atoms with Crippen LogP contribution in [0.5, 0.6) is 0 Å². The van der Waals surface area contributed by atoms with Crippen molar-refractivity contribution >= 4 is 8.56 Å².